The molecule has 1 fully saturated rings. The molecule has 1 N–H and O–H groups in total. The topological polar surface area (TPSA) is 41.6 Å². The number of epoxide rings is 1. The Morgan fingerprint density at radius 2 is 2.54 bits per heavy atom. The van der Waals surface area contributed by atoms with Crippen molar-refractivity contribution in [3.05, 3.63) is 23.8 Å². The summed E-state index contributed by atoms with van der Waals surface area (Å²) in [6.07, 6.45) is 6.35. The van der Waals surface area contributed by atoms with Gasteiger partial charge in [-0.1, -0.05) is 12.2 Å². The van der Waals surface area contributed by atoms with E-state index in [0.29, 0.717) is 5.27 Å². The largest absolute Gasteiger partial charge is 0.389 e. The van der Waals surface area contributed by atoms with Crippen LogP contribution in [0.5, 0.6) is 0 Å². The second kappa shape index (κ2) is 2.39. The zero-order chi connectivity index (χ0) is 9.05. The Morgan fingerprint density at radius 1 is 1.69 bits per heavy atom. The van der Waals surface area contributed by atoms with E-state index in [9.17, 15) is 4.79 Å². The van der Waals surface area contributed by atoms with Crippen LogP contribution in [0.1, 0.15) is 0 Å². The maximum atomic E-state index is 11.5. The van der Waals surface area contributed by atoms with Gasteiger partial charge < -0.3 is 9.96 Å². The van der Waals surface area contributed by atoms with E-state index in [1.165, 1.54) is 0 Å². The van der Waals surface area contributed by atoms with Crippen molar-refractivity contribution >= 4 is 33.6 Å². The van der Waals surface area contributed by atoms with Gasteiger partial charge in [0, 0.05) is 11.5 Å². The molecule has 0 saturated carbocycles. The van der Waals surface area contributed by atoms with Crippen LogP contribution in [0.15, 0.2) is 23.8 Å². The van der Waals surface area contributed by atoms with Crippen molar-refractivity contribution in [2.45, 2.75) is 11.7 Å². The summed E-state index contributed by atoms with van der Waals surface area (Å²) in [5.41, 5.74) is 0.783. The fraction of sp³-hybridized carbons (Fsp3) is 0.375. The van der Waals surface area contributed by atoms with Crippen molar-refractivity contribution < 1.29 is 9.53 Å². The van der Waals surface area contributed by atoms with Crippen molar-refractivity contribution in [1.29, 1.82) is 0 Å². The Balaban J connectivity index is 1.82. The molecule has 3 atom stereocenters. The smallest absolute Gasteiger partial charge is 0.309 e. The molecule has 2 aliphatic carbocycles. The molecule has 0 aromatic rings. The molecule has 66 valence electrons. The lowest BCUT2D eigenvalue weighted by atomic mass is 9.75. The third-order valence-corrected chi connectivity index (χ3v) is 3.27. The number of halogens is 1. The first kappa shape index (κ1) is 8.05. The predicted octanol–water partition coefficient (Wildman–Crippen LogP) is 0.0677. The lowest BCUT2D eigenvalue weighted by Crippen LogP contribution is -2.40. The first-order chi connectivity index (χ1) is 6.28. The second-order valence-electron chi connectivity index (χ2n) is 3.49. The molecule has 1 spiro atoms. The van der Waals surface area contributed by atoms with Crippen molar-refractivity contribution in [3.8, 4) is 0 Å². The standard InChI is InChI=1S/C8H7BINO2/c10-9-11-7(12)4-3-8-5(4)1-2-6(8)13-8/h1-3,5-6,9H,(H,11,12). The summed E-state index contributed by atoms with van der Waals surface area (Å²) in [6, 6.07) is 0. The summed E-state index contributed by atoms with van der Waals surface area (Å²) >= 11 is 2.12. The van der Waals surface area contributed by atoms with Crippen molar-refractivity contribution in [2.24, 2.45) is 5.92 Å². The maximum absolute atomic E-state index is 11.5. The lowest BCUT2D eigenvalue weighted by molar-refractivity contribution is -0.116. The number of hydrogen-bond donors (Lipinski definition) is 1. The highest BCUT2D eigenvalue weighted by molar-refractivity contribution is 14.1. The number of nitrogens with one attached hydrogen (secondary N) is 1. The molecule has 13 heavy (non-hydrogen) atoms. The van der Waals surface area contributed by atoms with Crippen LogP contribution in [0.4, 0.5) is 0 Å². The number of carbonyl (C=O) groups excluding carboxylic acids is 1. The Labute approximate surface area is 89.7 Å². The second-order valence-corrected chi connectivity index (χ2v) is 4.26. The monoisotopic (exact) mass is 287 g/mol. The lowest BCUT2D eigenvalue weighted by Gasteiger charge is -2.28. The van der Waals surface area contributed by atoms with Crippen LogP contribution in [0, 0.1) is 5.92 Å². The summed E-state index contributed by atoms with van der Waals surface area (Å²) in [6.45, 7) is 0. The molecule has 0 bridgehead atoms. The fourth-order valence-electron chi connectivity index (χ4n) is 2.15. The van der Waals surface area contributed by atoms with Gasteiger partial charge in [-0.05, 0) is 6.08 Å². The number of ether oxygens (including phenoxy) is 1. The first-order valence-electron chi connectivity index (χ1n) is 4.21. The van der Waals surface area contributed by atoms with E-state index in [1.54, 1.807) is 0 Å². The molecule has 1 amide bonds. The summed E-state index contributed by atoms with van der Waals surface area (Å²) in [5.74, 6) is 0.270. The molecule has 0 radical (unpaired) electrons. The van der Waals surface area contributed by atoms with Gasteiger partial charge in [-0.3, -0.25) is 4.79 Å². The van der Waals surface area contributed by atoms with E-state index in [2.05, 4.69) is 33.7 Å². The fourth-order valence-corrected chi connectivity index (χ4v) is 2.49. The zero-order valence-electron chi connectivity index (χ0n) is 6.79. The zero-order valence-corrected chi connectivity index (χ0v) is 8.95. The van der Waals surface area contributed by atoms with Crippen LogP contribution in [-0.4, -0.2) is 22.9 Å². The van der Waals surface area contributed by atoms with E-state index in [1.807, 2.05) is 12.2 Å². The first-order valence-corrected chi connectivity index (χ1v) is 5.73. The minimum absolute atomic E-state index is 0.0471. The van der Waals surface area contributed by atoms with Crippen LogP contribution < -0.4 is 5.23 Å². The van der Waals surface area contributed by atoms with Crippen molar-refractivity contribution in [1.82, 2.24) is 5.23 Å². The Bertz CT molecular complexity index is 354. The van der Waals surface area contributed by atoms with Gasteiger partial charge in [0.15, 0.2) is 0 Å². The minimum Gasteiger partial charge on any atom is -0.389 e. The van der Waals surface area contributed by atoms with Gasteiger partial charge >= 0.3 is 5.27 Å². The van der Waals surface area contributed by atoms with Crippen LogP contribution in [-0.2, 0) is 9.53 Å². The average Bonchev–Trinajstić information content (AvgIpc) is 2.72. The van der Waals surface area contributed by atoms with Gasteiger partial charge in [0.25, 0.3) is 0 Å². The quantitative estimate of drug-likeness (QED) is 0.338. The molecule has 1 aliphatic heterocycles. The van der Waals surface area contributed by atoms with E-state index in [-0.39, 0.29) is 23.5 Å². The third kappa shape index (κ3) is 0.865. The van der Waals surface area contributed by atoms with E-state index in [4.69, 9.17) is 4.74 Å². The highest BCUT2D eigenvalue weighted by Gasteiger charge is 2.68. The Kier molecular flexibility index (Phi) is 1.48. The molecule has 1 heterocycles. The van der Waals surface area contributed by atoms with Gasteiger partial charge in [-0.2, -0.15) is 0 Å². The number of amides is 1. The third-order valence-electron chi connectivity index (χ3n) is 2.89. The molecular formula is C8H7BINO2. The van der Waals surface area contributed by atoms with Crippen molar-refractivity contribution in [2.75, 3.05) is 0 Å². The summed E-state index contributed by atoms with van der Waals surface area (Å²) in [5, 5.41) is 3.44. The van der Waals surface area contributed by atoms with Crippen LogP contribution in [0.25, 0.3) is 0 Å². The maximum Gasteiger partial charge on any atom is 0.309 e. The van der Waals surface area contributed by atoms with Gasteiger partial charge in [0.1, 0.15) is 11.7 Å². The van der Waals surface area contributed by atoms with Crippen LogP contribution in [0.2, 0.25) is 0 Å². The summed E-state index contributed by atoms with van der Waals surface area (Å²) in [4.78, 5) is 11.5. The minimum atomic E-state index is -0.0854. The molecule has 0 aromatic carbocycles. The van der Waals surface area contributed by atoms with Gasteiger partial charge in [-0.15, -0.1) is 22.4 Å². The molecule has 3 unspecified atom stereocenters. The van der Waals surface area contributed by atoms with E-state index >= 15 is 0 Å². The Hall–Kier alpha value is -0.295. The van der Waals surface area contributed by atoms with Gasteiger partial charge in [0.2, 0.25) is 5.91 Å². The molecule has 5 heteroatoms. The normalized spacial score (nSPS) is 42.7. The Morgan fingerprint density at radius 3 is 3.15 bits per heavy atom. The average molecular weight is 287 g/mol. The van der Waals surface area contributed by atoms with Gasteiger partial charge in [0.05, 0.1) is 0 Å². The van der Waals surface area contributed by atoms with E-state index in [0.717, 1.165) is 5.57 Å². The molecule has 3 nitrogen and oxygen atoms in total. The molecule has 1 saturated heterocycles. The van der Waals surface area contributed by atoms with E-state index < -0.39 is 0 Å². The molecule has 0 aromatic heterocycles. The highest BCUT2D eigenvalue weighted by atomic mass is 127. The molecule has 3 rings (SSSR count). The molecular weight excluding hydrogens is 280 g/mol. The number of rotatable bonds is 2. The predicted molar refractivity (Wildman–Crippen MR) is 57.6 cm³/mol. The summed E-state index contributed by atoms with van der Waals surface area (Å²) in [7, 11) is 0. The van der Waals surface area contributed by atoms with Gasteiger partial charge in [-0.25, -0.2) is 0 Å². The van der Waals surface area contributed by atoms with Crippen LogP contribution >= 0.6 is 22.4 Å². The molecule has 3 aliphatic rings. The van der Waals surface area contributed by atoms with Crippen molar-refractivity contribution in [3.63, 3.8) is 0 Å². The SMILES string of the molecule is O=C(NBI)C1=CC23OC2C=CC13. The van der Waals surface area contributed by atoms with Crippen LogP contribution in [0.3, 0.4) is 0 Å². The highest BCUT2D eigenvalue weighted by Crippen LogP contribution is 2.59. The number of hydrogen-bond acceptors (Lipinski definition) is 2. The summed E-state index contributed by atoms with van der Waals surface area (Å²) < 4.78 is 5.45. The number of carbonyl (C=O) groups is 1.